The fraction of sp³-hybridized carbons (Fsp3) is 0.526. The molecule has 2 atom stereocenters. The van der Waals surface area contributed by atoms with E-state index in [1.165, 1.54) is 40.2 Å². The van der Waals surface area contributed by atoms with Gasteiger partial charge in [0.25, 0.3) is 5.91 Å². The predicted octanol–water partition coefficient (Wildman–Crippen LogP) is -0.141. The number of fused-ring (bicyclic) bond motifs is 1. The van der Waals surface area contributed by atoms with E-state index >= 15 is 0 Å². The first-order chi connectivity index (χ1) is 16.0. The van der Waals surface area contributed by atoms with Gasteiger partial charge in [0.05, 0.1) is 10.8 Å². The number of H-pyrrole nitrogens is 1. The SMILES string of the molecule is C/C(=N/C(C)C)SCC(=O)NC1C(=O)N2C(C(=O)O)=C(CSc3nc(=O)c(=O)[nH]n3C)CSC12. The fourth-order valence-electron chi connectivity index (χ4n) is 3.32. The highest BCUT2D eigenvalue weighted by molar-refractivity contribution is 8.14. The molecule has 3 rings (SSSR count). The van der Waals surface area contributed by atoms with Crippen molar-refractivity contribution >= 4 is 58.1 Å². The highest BCUT2D eigenvalue weighted by Crippen LogP contribution is 2.41. The van der Waals surface area contributed by atoms with E-state index < -0.39 is 34.4 Å². The van der Waals surface area contributed by atoms with Gasteiger partial charge in [0, 0.05) is 24.6 Å². The Morgan fingerprint density at radius 2 is 2.06 bits per heavy atom. The van der Waals surface area contributed by atoms with E-state index in [0.717, 1.165) is 16.8 Å². The Morgan fingerprint density at radius 1 is 1.35 bits per heavy atom. The van der Waals surface area contributed by atoms with Crippen molar-refractivity contribution in [1.82, 2.24) is 25.0 Å². The van der Waals surface area contributed by atoms with E-state index in [1.54, 1.807) is 0 Å². The topological polar surface area (TPSA) is 167 Å². The molecule has 2 unspecified atom stereocenters. The molecule has 0 saturated carbocycles. The molecule has 1 aromatic heterocycles. The van der Waals surface area contributed by atoms with Crippen molar-refractivity contribution in [2.24, 2.45) is 12.0 Å². The summed E-state index contributed by atoms with van der Waals surface area (Å²) in [6, 6.07) is -0.680. The van der Waals surface area contributed by atoms with Crippen LogP contribution in [-0.4, -0.2) is 82.3 Å². The maximum Gasteiger partial charge on any atom is 0.352 e. The molecule has 184 valence electrons. The first kappa shape index (κ1) is 26.1. The minimum Gasteiger partial charge on any atom is -0.477 e. The van der Waals surface area contributed by atoms with E-state index in [0.29, 0.717) is 11.3 Å². The predicted molar refractivity (Wildman–Crippen MR) is 131 cm³/mol. The summed E-state index contributed by atoms with van der Waals surface area (Å²) in [6.07, 6.45) is 0. The van der Waals surface area contributed by atoms with Crippen LogP contribution >= 0.6 is 35.3 Å². The van der Waals surface area contributed by atoms with Crippen molar-refractivity contribution in [3.63, 3.8) is 0 Å². The van der Waals surface area contributed by atoms with Crippen LogP contribution < -0.4 is 16.4 Å². The number of aliphatic carboxylic acids is 1. The molecule has 12 nitrogen and oxygen atoms in total. The minimum atomic E-state index is -1.25. The molecule has 0 aromatic carbocycles. The number of rotatable bonds is 8. The minimum absolute atomic E-state index is 0.109. The second-order valence-corrected chi connectivity index (χ2v) is 10.9. The summed E-state index contributed by atoms with van der Waals surface area (Å²) < 4.78 is 1.28. The van der Waals surface area contributed by atoms with Gasteiger partial charge < -0.3 is 10.4 Å². The number of hydrogen-bond acceptors (Lipinski definition) is 10. The van der Waals surface area contributed by atoms with Crippen molar-refractivity contribution in [2.45, 2.75) is 43.4 Å². The number of aromatic nitrogens is 3. The Balaban J connectivity index is 1.68. The van der Waals surface area contributed by atoms with Crippen LogP contribution in [0.25, 0.3) is 0 Å². The van der Waals surface area contributed by atoms with Crippen molar-refractivity contribution in [3.05, 3.63) is 32.0 Å². The van der Waals surface area contributed by atoms with Crippen molar-refractivity contribution in [3.8, 4) is 0 Å². The summed E-state index contributed by atoms with van der Waals surface area (Å²) in [7, 11) is 1.51. The standard InChI is InChI=1S/C19H24N6O6S3/c1-8(2)20-9(3)32-7-11(26)21-12-16(29)25-13(18(30)31)10(5-33-17(12)25)6-34-19-22-14(27)15(28)23-24(19)4/h8,12,17H,5-7H2,1-4H3,(H,21,26)(H,23,28)(H,30,31)/b20-9-. The largest absolute Gasteiger partial charge is 0.477 e. The number of aliphatic imine (C=N–C) groups is 1. The Hall–Kier alpha value is -2.52. The summed E-state index contributed by atoms with van der Waals surface area (Å²) in [5, 5.41) is 15.3. The molecule has 1 saturated heterocycles. The smallest absolute Gasteiger partial charge is 0.352 e. The quantitative estimate of drug-likeness (QED) is 0.136. The number of hydrogen-bond donors (Lipinski definition) is 3. The van der Waals surface area contributed by atoms with Crippen LogP contribution in [0.15, 0.2) is 31.0 Å². The maximum atomic E-state index is 12.8. The first-order valence-corrected chi connectivity index (χ1v) is 13.2. The van der Waals surface area contributed by atoms with Crippen LogP contribution in [0.5, 0.6) is 0 Å². The number of carbonyl (C=O) groups is 3. The van der Waals surface area contributed by atoms with Crippen LogP contribution in [-0.2, 0) is 21.4 Å². The molecule has 2 aliphatic rings. The van der Waals surface area contributed by atoms with Gasteiger partial charge in [-0.25, -0.2) is 4.79 Å². The number of carbonyl (C=O) groups excluding carboxylic acids is 2. The van der Waals surface area contributed by atoms with E-state index in [4.69, 9.17) is 0 Å². The number of amides is 2. The summed E-state index contributed by atoms with van der Waals surface area (Å²) in [6.45, 7) is 5.68. The van der Waals surface area contributed by atoms with Gasteiger partial charge in [0.2, 0.25) is 5.91 Å². The highest BCUT2D eigenvalue weighted by Gasteiger charge is 2.54. The van der Waals surface area contributed by atoms with Crippen LogP contribution in [0.2, 0.25) is 0 Å². The number of aryl methyl sites for hydroxylation is 1. The van der Waals surface area contributed by atoms with Gasteiger partial charge in [0.1, 0.15) is 17.1 Å². The Bertz CT molecular complexity index is 1190. The molecular weight excluding hydrogens is 504 g/mol. The number of nitrogens with zero attached hydrogens (tertiary/aromatic N) is 4. The van der Waals surface area contributed by atoms with Gasteiger partial charge in [0.15, 0.2) is 5.16 Å². The van der Waals surface area contributed by atoms with Crippen molar-refractivity contribution in [1.29, 1.82) is 0 Å². The van der Waals surface area contributed by atoms with E-state index in [-0.39, 0.29) is 34.3 Å². The number of thioether (sulfide) groups is 3. The third kappa shape index (κ3) is 5.75. The molecule has 0 aliphatic carbocycles. The Morgan fingerprint density at radius 3 is 2.71 bits per heavy atom. The summed E-state index contributed by atoms with van der Waals surface area (Å²) in [5.74, 6) is -1.48. The van der Waals surface area contributed by atoms with Crippen LogP contribution in [0.4, 0.5) is 0 Å². The van der Waals surface area contributed by atoms with Crippen LogP contribution in [0, 0.1) is 0 Å². The lowest BCUT2D eigenvalue weighted by atomic mass is 10.0. The number of aromatic amines is 1. The van der Waals surface area contributed by atoms with E-state index in [9.17, 15) is 29.1 Å². The molecule has 3 heterocycles. The monoisotopic (exact) mass is 528 g/mol. The van der Waals surface area contributed by atoms with Gasteiger partial charge in [-0.1, -0.05) is 11.8 Å². The maximum absolute atomic E-state index is 12.8. The lowest BCUT2D eigenvalue weighted by Crippen LogP contribution is -2.70. The van der Waals surface area contributed by atoms with Gasteiger partial charge >= 0.3 is 17.1 Å². The fourth-order valence-corrected chi connectivity index (χ4v) is 6.43. The number of nitrogens with one attached hydrogen (secondary N) is 2. The molecule has 2 amide bonds. The molecular formula is C19H24N6O6S3. The van der Waals surface area contributed by atoms with E-state index in [2.05, 4.69) is 20.4 Å². The average molecular weight is 529 g/mol. The van der Waals surface area contributed by atoms with E-state index in [1.807, 2.05) is 20.8 Å². The zero-order chi connectivity index (χ0) is 25.2. The first-order valence-electron chi connectivity index (χ1n) is 10.2. The summed E-state index contributed by atoms with van der Waals surface area (Å²) in [4.78, 5) is 69.2. The molecule has 3 N–H and O–H groups in total. The van der Waals surface area contributed by atoms with Crippen LogP contribution in [0.1, 0.15) is 20.8 Å². The Labute approximate surface area is 207 Å². The van der Waals surface area contributed by atoms with Gasteiger partial charge in [-0.2, -0.15) is 4.98 Å². The molecule has 15 heteroatoms. The van der Waals surface area contributed by atoms with Crippen molar-refractivity contribution < 1.29 is 19.5 Å². The summed E-state index contributed by atoms with van der Waals surface area (Å²) in [5.41, 5.74) is -1.44. The van der Waals surface area contributed by atoms with Gasteiger partial charge in [-0.15, -0.1) is 23.5 Å². The number of carboxylic acid groups (broad SMARTS) is 1. The molecule has 0 radical (unpaired) electrons. The lowest BCUT2D eigenvalue weighted by molar-refractivity contribution is -0.150. The summed E-state index contributed by atoms with van der Waals surface area (Å²) >= 11 is 3.71. The highest BCUT2D eigenvalue weighted by atomic mass is 32.2. The van der Waals surface area contributed by atoms with Gasteiger partial charge in [-0.05, 0) is 26.3 Å². The average Bonchev–Trinajstić information content (AvgIpc) is 2.76. The second-order valence-electron chi connectivity index (χ2n) is 7.73. The van der Waals surface area contributed by atoms with Gasteiger partial charge in [-0.3, -0.25) is 38.9 Å². The second kappa shape index (κ2) is 10.8. The van der Waals surface area contributed by atoms with Crippen LogP contribution in [0.3, 0.4) is 0 Å². The molecule has 1 aromatic rings. The molecule has 0 spiro atoms. The zero-order valence-electron chi connectivity index (χ0n) is 18.9. The molecule has 2 aliphatic heterocycles. The molecule has 0 bridgehead atoms. The number of carboxylic acids is 1. The third-order valence-corrected chi connectivity index (χ3v) is 8.13. The zero-order valence-corrected chi connectivity index (χ0v) is 21.3. The van der Waals surface area contributed by atoms with Crippen molar-refractivity contribution in [2.75, 3.05) is 17.3 Å². The third-order valence-electron chi connectivity index (χ3n) is 4.74. The molecule has 1 fully saturated rings. The lowest BCUT2D eigenvalue weighted by Gasteiger charge is -2.49. The molecule has 34 heavy (non-hydrogen) atoms. The Kier molecular flexibility index (Phi) is 8.30. The number of β-lactam (4-membered cyclic amide) rings is 1. The normalized spacial score (nSPS) is 20.3.